The molecule has 0 aliphatic carbocycles. The van der Waals surface area contributed by atoms with Crippen molar-refractivity contribution in [2.75, 3.05) is 0 Å². The molecule has 14 heavy (non-hydrogen) atoms. The summed E-state index contributed by atoms with van der Waals surface area (Å²) in [5, 5.41) is 10.6. The molecule has 2 aromatic heterocycles. The molecule has 5 heteroatoms. The Morgan fingerprint density at radius 3 is 2.79 bits per heavy atom. The Labute approximate surface area is 92.8 Å². The van der Waals surface area contributed by atoms with Crippen LogP contribution in [0.1, 0.15) is 16.2 Å². The van der Waals surface area contributed by atoms with Gasteiger partial charge in [0.05, 0.1) is 5.97 Å². The van der Waals surface area contributed by atoms with Crippen LogP contribution in [0.5, 0.6) is 0 Å². The summed E-state index contributed by atoms with van der Waals surface area (Å²) in [6.45, 7) is 1.70. The van der Waals surface area contributed by atoms with Crippen LogP contribution in [0.25, 0.3) is 5.65 Å². The number of hydrogen-bond donors (Lipinski definition) is 0. The number of carboxylic acids is 1. The van der Waals surface area contributed by atoms with Crippen LogP contribution in [0.2, 0.25) is 0 Å². The van der Waals surface area contributed by atoms with E-state index in [1.807, 2.05) is 6.07 Å². The molecule has 2 heterocycles. The van der Waals surface area contributed by atoms with Crippen molar-refractivity contribution in [2.45, 2.75) is 6.92 Å². The van der Waals surface area contributed by atoms with Gasteiger partial charge in [0.2, 0.25) is 0 Å². The second-order valence-electron chi connectivity index (χ2n) is 2.76. The fraction of sp³-hybridized carbons (Fsp3) is 0.111. The van der Waals surface area contributed by atoms with Gasteiger partial charge in [-0.1, -0.05) is 6.07 Å². The number of aromatic nitrogens is 2. The van der Waals surface area contributed by atoms with Crippen molar-refractivity contribution in [1.82, 2.24) is 9.38 Å². The fourth-order valence-electron chi connectivity index (χ4n) is 1.31. The van der Waals surface area contributed by atoms with Crippen molar-refractivity contribution in [3.8, 4) is 0 Å². The van der Waals surface area contributed by atoms with E-state index in [0.717, 1.165) is 0 Å². The number of pyridine rings is 1. The first-order chi connectivity index (χ1) is 6.20. The Balaban J connectivity index is 0.000000980. The fourth-order valence-corrected chi connectivity index (χ4v) is 1.31. The van der Waals surface area contributed by atoms with Crippen LogP contribution in [0.4, 0.5) is 0 Å². The number of hydrogen-bond acceptors (Lipinski definition) is 3. The molecule has 0 aliphatic rings. The molecule has 0 bridgehead atoms. The zero-order valence-corrected chi connectivity index (χ0v) is 8.02. The van der Waals surface area contributed by atoms with E-state index in [2.05, 4.69) is 4.98 Å². The summed E-state index contributed by atoms with van der Waals surface area (Å²) in [5.74, 6) is -1.23. The summed E-state index contributed by atoms with van der Waals surface area (Å²) >= 11 is 0. The van der Waals surface area contributed by atoms with Crippen LogP contribution in [-0.2, 0) is 0 Å². The maximum Gasteiger partial charge on any atom is 1.00 e. The molecule has 0 aliphatic heterocycles. The minimum Gasteiger partial charge on any atom is -0.543 e. The molecule has 0 unspecified atom stereocenters. The average Bonchev–Trinajstić information content (AvgIpc) is 2.45. The first kappa shape index (κ1) is 10.8. The predicted octanol–water partition coefficient (Wildman–Crippen LogP) is -2.99. The number of rotatable bonds is 1. The van der Waals surface area contributed by atoms with E-state index in [1.165, 1.54) is 0 Å². The topological polar surface area (TPSA) is 57.4 Å². The number of nitrogens with zero attached hydrogens (tertiary/aromatic N) is 2. The summed E-state index contributed by atoms with van der Waals surface area (Å²) < 4.78 is 1.71. The molecule has 0 amide bonds. The van der Waals surface area contributed by atoms with E-state index in [-0.39, 0.29) is 24.6 Å². The average molecular weight is 182 g/mol. The molecule has 0 N–H and O–H groups in total. The minimum atomic E-state index is -1.23. The van der Waals surface area contributed by atoms with Crippen molar-refractivity contribution >= 4 is 11.6 Å². The van der Waals surface area contributed by atoms with Gasteiger partial charge >= 0.3 is 18.9 Å². The maximum absolute atomic E-state index is 10.6. The van der Waals surface area contributed by atoms with E-state index in [1.54, 1.807) is 29.7 Å². The van der Waals surface area contributed by atoms with E-state index in [4.69, 9.17) is 0 Å². The first-order valence-electron chi connectivity index (χ1n) is 3.85. The Kier molecular flexibility index (Phi) is 2.99. The van der Waals surface area contributed by atoms with Gasteiger partial charge in [0.15, 0.2) is 0 Å². The van der Waals surface area contributed by atoms with Gasteiger partial charge in [-0.15, -0.1) is 0 Å². The normalized spacial score (nSPS) is 9.79. The molecule has 0 aromatic carbocycles. The van der Waals surface area contributed by atoms with Crippen molar-refractivity contribution < 1.29 is 28.8 Å². The van der Waals surface area contributed by atoms with Crippen LogP contribution in [0.15, 0.2) is 24.4 Å². The van der Waals surface area contributed by atoms with Gasteiger partial charge < -0.3 is 14.3 Å². The number of carboxylic acid groups (broad SMARTS) is 1. The van der Waals surface area contributed by atoms with Gasteiger partial charge in [-0.2, -0.15) is 0 Å². The smallest absolute Gasteiger partial charge is 0.543 e. The summed E-state index contributed by atoms with van der Waals surface area (Å²) in [6, 6.07) is 5.38. The standard InChI is InChI=1S/C9H8N2O2.Li/c1-6-8(9(12)13)10-7-4-2-3-5-11(6)7;/h2-5H,1H3,(H,12,13);/q;+1/p-1. The monoisotopic (exact) mass is 182 g/mol. The first-order valence-corrected chi connectivity index (χ1v) is 3.85. The second kappa shape index (κ2) is 3.87. The Bertz CT molecular complexity index is 479. The van der Waals surface area contributed by atoms with Gasteiger partial charge in [-0.25, -0.2) is 4.98 Å². The molecule has 0 atom stereocenters. The van der Waals surface area contributed by atoms with E-state index < -0.39 is 5.97 Å². The Morgan fingerprint density at radius 1 is 1.50 bits per heavy atom. The molecule has 0 spiro atoms. The molecule has 0 radical (unpaired) electrons. The Hall–Kier alpha value is -1.24. The van der Waals surface area contributed by atoms with Crippen LogP contribution in [-0.4, -0.2) is 15.4 Å². The van der Waals surface area contributed by atoms with E-state index >= 15 is 0 Å². The van der Waals surface area contributed by atoms with Crippen molar-refractivity contribution in [3.05, 3.63) is 35.8 Å². The van der Waals surface area contributed by atoms with Gasteiger partial charge in [-0.05, 0) is 19.1 Å². The third kappa shape index (κ3) is 1.54. The van der Waals surface area contributed by atoms with Crippen LogP contribution < -0.4 is 24.0 Å². The number of aryl methyl sites for hydroxylation is 1. The van der Waals surface area contributed by atoms with Crippen LogP contribution in [0, 0.1) is 6.92 Å². The number of aromatic carboxylic acids is 1. The van der Waals surface area contributed by atoms with Gasteiger partial charge in [0, 0.05) is 11.9 Å². The van der Waals surface area contributed by atoms with Crippen LogP contribution in [0.3, 0.4) is 0 Å². The zero-order valence-electron chi connectivity index (χ0n) is 8.02. The second-order valence-corrected chi connectivity index (χ2v) is 2.76. The summed E-state index contributed by atoms with van der Waals surface area (Å²) in [6.07, 6.45) is 1.77. The molecule has 0 saturated heterocycles. The van der Waals surface area contributed by atoms with Gasteiger partial charge in [0.1, 0.15) is 11.3 Å². The van der Waals surface area contributed by atoms with Gasteiger partial charge in [0.25, 0.3) is 0 Å². The molecule has 4 nitrogen and oxygen atoms in total. The number of fused-ring (bicyclic) bond motifs is 1. The summed E-state index contributed by atoms with van der Waals surface area (Å²) in [5.41, 5.74) is 1.22. The molecule has 0 fully saturated rings. The third-order valence-corrected chi connectivity index (χ3v) is 1.96. The molecule has 66 valence electrons. The minimum absolute atomic E-state index is 0. The summed E-state index contributed by atoms with van der Waals surface area (Å²) in [4.78, 5) is 14.5. The molecule has 0 saturated carbocycles. The number of imidazole rings is 1. The van der Waals surface area contributed by atoms with Crippen molar-refractivity contribution in [3.63, 3.8) is 0 Å². The summed E-state index contributed by atoms with van der Waals surface area (Å²) in [7, 11) is 0. The van der Waals surface area contributed by atoms with Gasteiger partial charge in [-0.3, -0.25) is 0 Å². The van der Waals surface area contributed by atoms with Crippen molar-refractivity contribution in [2.24, 2.45) is 0 Å². The number of carbonyl (C=O) groups is 1. The zero-order chi connectivity index (χ0) is 9.42. The molecule has 2 rings (SSSR count). The maximum atomic E-state index is 10.6. The third-order valence-electron chi connectivity index (χ3n) is 1.96. The number of carbonyl (C=O) groups excluding carboxylic acids is 1. The predicted molar refractivity (Wildman–Crippen MR) is 44.3 cm³/mol. The molecule has 2 aromatic rings. The molecular formula is C9H7LiN2O2. The van der Waals surface area contributed by atoms with E-state index in [0.29, 0.717) is 11.3 Å². The van der Waals surface area contributed by atoms with Crippen molar-refractivity contribution in [1.29, 1.82) is 0 Å². The van der Waals surface area contributed by atoms with E-state index in [9.17, 15) is 9.90 Å². The quantitative estimate of drug-likeness (QED) is 0.442. The molecular weight excluding hydrogens is 175 g/mol. The largest absolute Gasteiger partial charge is 1.00 e. The van der Waals surface area contributed by atoms with Crippen LogP contribution >= 0.6 is 0 Å². The Morgan fingerprint density at radius 2 is 2.21 bits per heavy atom. The SMILES string of the molecule is Cc1c(C(=O)[O-])nc2ccccn12.[Li+].